The summed E-state index contributed by atoms with van der Waals surface area (Å²) in [5, 5.41) is 19.2. The first-order valence-electron chi connectivity index (χ1n) is 7.46. The molecule has 1 N–H and O–H groups in total. The number of carboxylic acid groups (broad SMARTS) is 1. The standard InChI is InChI=1S/C16H13BrClFN4O2/c1-8-7-22(16(24)25)2-3-23(8)15-9(5-20)6-21-14-10(15)4-11(18)12(17)13(14)19/h4,6,8H,2-3,7H2,1H3,(H,24,25). The number of carbonyl (C=O) groups is 1. The third-order valence-corrected chi connectivity index (χ3v) is 5.58. The van der Waals surface area contributed by atoms with Crippen LogP contribution < -0.4 is 4.90 Å². The number of amides is 1. The molecule has 9 heteroatoms. The lowest BCUT2D eigenvalue weighted by Gasteiger charge is -2.40. The Kier molecular flexibility index (Phi) is 4.71. The van der Waals surface area contributed by atoms with Crippen molar-refractivity contribution in [3.05, 3.63) is 33.1 Å². The molecule has 0 bridgehead atoms. The van der Waals surface area contributed by atoms with Gasteiger partial charge in [0.25, 0.3) is 0 Å². The largest absolute Gasteiger partial charge is 0.465 e. The van der Waals surface area contributed by atoms with E-state index in [2.05, 4.69) is 27.0 Å². The zero-order valence-corrected chi connectivity index (χ0v) is 15.5. The van der Waals surface area contributed by atoms with Crippen LogP contribution >= 0.6 is 27.5 Å². The van der Waals surface area contributed by atoms with Crippen LogP contribution in [0.2, 0.25) is 5.02 Å². The van der Waals surface area contributed by atoms with E-state index in [0.29, 0.717) is 29.7 Å². The van der Waals surface area contributed by atoms with Crippen molar-refractivity contribution in [2.75, 3.05) is 24.5 Å². The van der Waals surface area contributed by atoms with Crippen molar-refractivity contribution in [2.24, 2.45) is 0 Å². The van der Waals surface area contributed by atoms with Gasteiger partial charge in [-0.2, -0.15) is 5.26 Å². The minimum Gasteiger partial charge on any atom is -0.465 e. The maximum Gasteiger partial charge on any atom is 0.407 e. The topological polar surface area (TPSA) is 80.5 Å². The molecule has 2 heterocycles. The van der Waals surface area contributed by atoms with E-state index < -0.39 is 11.9 Å². The molecule has 1 aliphatic rings. The van der Waals surface area contributed by atoms with E-state index >= 15 is 0 Å². The van der Waals surface area contributed by atoms with Gasteiger partial charge >= 0.3 is 6.09 Å². The number of halogens is 3. The quantitative estimate of drug-likeness (QED) is 0.699. The molecule has 1 unspecified atom stereocenters. The number of pyridine rings is 1. The van der Waals surface area contributed by atoms with Gasteiger partial charge in [0.15, 0.2) is 5.82 Å². The Morgan fingerprint density at radius 1 is 1.56 bits per heavy atom. The summed E-state index contributed by atoms with van der Waals surface area (Å²) in [6.07, 6.45) is 0.349. The number of rotatable bonds is 1. The molecule has 2 aromatic rings. The fourth-order valence-corrected chi connectivity index (χ4v) is 3.58. The Morgan fingerprint density at radius 2 is 2.28 bits per heavy atom. The van der Waals surface area contributed by atoms with E-state index in [-0.39, 0.29) is 27.6 Å². The van der Waals surface area contributed by atoms with Gasteiger partial charge in [0.1, 0.15) is 11.6 Å². The van der Waals surface area contributed by atoms with Crippen molar-refractivity contribution in [1.29, 1.82) is 5.26 Å². The number of fused-ring (bicyclic) bond motifs is 1. The van der Waals surface area contributed by atoms with Crippen molar-refractivity contribution >= 4 is 50.2 Å². The average molecular weight is 428 g/mol. The van der Waals surface area contributed by atoms with Gasteiger partial charge in [0, 0.05) is 37.3 Å². The van der Waals surface area contributed by atoms with Crippen LogP contribution in [0.4, 0.5) is 14.9 Å². The Balaban J connectivity index is 2.18. The van der Waals surface area contributed by atoms with E-state index in [0.717, 1.165) is 0 Å². The molecule has 1 saturated heterocycles. The summed E-state index contributed by atoms with van der Waals surface area (Å²) in [4.78, 5) is 18.5. The number of hydrogen-bond donors (Lipinski definition) is 1. The lowest BCUT2D eigenvalue weighted by atomic mass is 10.0. The van der Waals surface area contributed by atoms with Crippen LogP contribution in [0.25, 0.3) is 10.9 Å². The molecular weight excluding hydrogens is 415 g/mol. The summed E-state index contributed by atoms with van der Waals surface area (Å²) in [5.74, 6) is -0.593. The molecule has 0 aliphatic carbocycles. The van der Waals surface area contributed by atoms with Crippen molar-refractivity contribution in [3.8, 4) is 6.07 Å². The van der Waals surface area contributed by atoms with Gasteiger partial charge in [-0.3, -0.25) is 4.98 Å². The molecule has 1 aliphatic heterocycles. The van der Waals surface area contributed by atoms with Crippen molar-refractivity contribution in [1.82, 2.24) is 9.88 Å². The molecule has 1 aromatic heterocycles. The molecule has 3 rings (SSSR count). The summed E-state index contributed by atoms with van der Waals surface area (Å²) in [6.45, 7) is 2.83. The maximum absolute atomic E-state index is 14.5. The lowest BCUT2D eigenvalue weighted by Crippen LogP contribution is -2.53. The molecule has 1 fully saturated rings. The predicted molar refractivity (Wildman–Crippen MR) is 95.5 cm³/mol. The molecule has 6 nitrogen and oxygen atoms in total. The fraction of sp³-hybridized carbons (Fsp3) is 0.312. The number of hydrogen-bond acceptors (Lipinski definition) is 4. The van der Waals surface area contributed by atoms with Crippen molar-refractivity contribution in [2.45, 2.75) is 13.0 Å². The first-order chi connectivity index (χ1) is 11.8. The van der Waals surface area contributed by atoms with Gasteiger partial charge < -0.3 is 14.9 Å². The van der Waals surface area contributed by atoms with Crippen LogP contribution in [0.15, 0.2) is 16.7 Å². The lowest BCUT2D eigenvalue weighted by molar-refractivity contribution is 0.136. The summed E-state index contributed by atoms with van der Waals surface area (Å²) >= 11 is 9.19. The SMILES string of the molecule is CC1CN(C(=O)O)CCN1c1c(C#N)cnc2c(F)c(Br)c(Cl)cc12. The second-order valence-corrected chi connectivity index (χ2v) is 6.99. The van der Waals surface area contributed by atoms with E-state index in [1.807, 2.05) is 11.8 Å². The van der Waals surface area contributed by atoms with Gasteiger partial charge in [0.2, 0.25) is 0 Å². The number of nitriles is 1. The highest BCUT2D eigenvalue weighted by atomic mass is 79.9. The smallest absolute Gasteiger partial charge is 0.407 e. The summed E-state index contributed by atoms with van der Waals surface area (Å²) in [7, 11) is 0. The Hall–Kier alpha value is -2.11. The highest BCUT2D eigenvalue weighted by Crippen LogP contribution is 2.38. The molecule has 1 atom stereocenters. The van der Waals surface area contributed by atoms with Crippen LogP contribution in [-0.4, -0.2) is 46.8 Å². The highest BCUT2D eigenvalue weighted by molar-refractivity contribution is 9.10. The Bertz CT molecular complexity index is 917. The van der Waals surface area contributed by atoms with Gasteiger partial charge in [-0.05, 0) is 28.9 Å². The van der Waals surface area contributed by atoms with Crippen LogP contribution in [0.1, 0.15) is 12.5 Å². The number of anilines is 1. The van der Waals surface area contributed by atoms with Crippen molar-refractivity contribution in [3.63, 3.8) is 0 Å². The average Bonchev–Trinajstić information content (AvgIpc) is 2.59. The maximum atomic E-state index is 14.5. The van der Waals surface area contributed by atoms with Crippen molar-refractivity contribution < 1.29 is 14.3 Å². The van der Waals surface area contributed by atoms with Gasteiger partial charge in [0.05, 0.1) is 20.7 Å². The zero-order chi connectivity index (χ0) is 18.3. The second-order valence-electron chi connectivity index (χ2n) is 5.79. The number of aromatic nitrogens is 1. The van der Waals surface area contributed by atoms with Crippen LogP contribution in [0, 0.1) is 17.1 Å². The molecular formula is C16H13BrClFN4O2. The molecule has 0 saturated carbocycles. The molecule has 1 amide bonds. The van der Waals surface area contributed by atoms with Crippen LogP contribution in [-0.2, 0) is 0 Å². The molecule has 25 heavy (non-hydrogen) atoms. The normalized spacial score (nSPS) is 17.6. The van der Waals surface area contributed by atoms with E-state index in [9.17, 15) is 14.4 Å². The summed E-state index contributed by atoms with van der Waals surface area (Å²) in [5.41, 5.74) is 0.928. The third kappa shape index (κ3) is 2.98. The molecule has 130 valence electrons. The second kappa shape index (κ2) is 6.65. The highest BCUT2D eigenvalue weighted by Gasteiger charge is 2.30. The molecule has 1 aromatic carbocycles. The van der Waals surface area contributed by atoms with Gasteiger partial charge in [-0.25, -0.2) is 9.18 Å². The van der Waals surface area contributed by atoms with Crippen LogP contribution in [0.5, 0.6) is 0 Å². The summed E-state index contributed by atoms with van der Waals surface area (Å²) in [6, 6.07) is 3.47. The number of nitrogens with zero attached hydrogens (tertiary/aromatic N) is 4. The third-order valence-electron chi connectivity index (χ3n) is 4.28. The van der Waals surface area contributed by atoms with Crippen LogP contribution in [0.3, 0.4) is 0 Å². The predicted octanol–water partition coefficient (Wildman–Crippen LogP) is 3.85. The molecule has 0 spiro atoms. The fourth-order valence-electron chi connectivity index (χ4n) is 3.08. The molecule has 0 radical (unpaired) electrons. The minimum absolute atomic E-state index is 0.109. The minimum atomic E-state index is -0.982. The van der Waals surface area contributed by atoms with Gasteiger partial charge in [-0.15, -0.1) is 0 Å². The number of benzene rings is 1. The Morgan fingerprint density at radius 3 is 2.88 bits per heavy atom. The van der Waals surface area contributed by atoms with Gasteiger partial charge in [-0.1, -0.05) is 11.6 Å². The van der Waals surface area contributed by atoms with E-state index in [1.54, 1.807) is 6.07 Å². The van der Waals surface area contributed by atoms with E-state index in [1.165, 1.54) is 11.1 Å². The monoisotopic (exact) mass is 426 g/mol. The first-order valence-corrected chi connectivity index (χ1v) is 8.63. The number of piperazine rings is 1. The summed E-state index contributed by atoms with van der Waals surface area (Å²) < 4.78 is 14.6. The zero-order valence-electron chi connectivity index (χ0n) is 13.1. The van der Waals surface area contributed by atoms with E-state index in [4.69, 9.17) is 16.7 Å². The first kappa shape index (κ1) is 17.7. The Labute approximate surface area is 156 Å².